The Kier molecular flexibility index (Phi) is 3.30. The summed E-state index contributed by atoms with van der Waals surface area (Å²) in [5.41, 5.74) is 0.896. The lowest BCUT2D eigenvalue weighted by Crippen LogP contribution is -2.12. The summed E-state index contributed by atoms with van der Waals surface area (Å²) in [7, 11) is 0. The third kappa shape index (κ3) is 2.71. The van der Waals surface area contributed by atoms with Crippen LogP contribution in [0.25, 0.3) is 17.5 Å². The molecule has 0 radical (unpaired) electrons. The number of carbonyl (C=O) groups excluding carboxylic acids is 1. The van der Waals surface area contributed by atoms with Crippen molar-refractivity contribution in [2.45, 2.75) is 0 Å². The van der Waals surface area contributed by atoms with Gasteiger partial charge in [-0.25, -0.2) is 0 Å². The summed E-state index contributed by atoms with van der Waals surface area (Å²) in [5, 5.41) is 13.7. The maximum absolute atomic E-state index is 12.0. The van der Waals surface area contributed by atoms with E-state index in [2.05, 4.69) is 27.3 Å². The van der Waals surface area contributed by atoms with E-state index in [0.717, 1.165) is 10.4 Å². The van der Waals surface area contributed by atoms with Crippen molar-refractivity contribution < 1.29 is 9.21 Å². The summed E-state index contributed by atoms with van der Waals surface area (Å²) in [6, 6.07) is 12.8. The second-order valence-corrected chi connectivity index (χ2v) is 4.10. The minimum absolute atomic E-state index is 0.0811. The molecule has 0 saturated carbocycles. The minimum atomic E-state index is -0.444. The van der Waals surface area contributed by atoms with E-state index in [1.807, 2.05) is 30.3 Å². The molecule has 0 bridgehead atoms. The normalized spacial score (nSPS) is 10.3. The Morgan fingerprint density at radius 1 is 1.24 bits per heavy atom. The molecule has 3 aromatic rings. The van der Waals surface area contributed by atoms with E-state index in [1.54, 1.807) is 12.1 Å². The number of tetrazole rings is 1. The van der Waals surface area contributed by atoms with Gasteiger partial charge in [0.15, 0.2) is 5.76 Å². The number of carbonyl (C=O) groups is 1. The lowest BCUT2D eigenvalue weighted by atomic mass is 10.2. The zero-order valence-electron chi connectivity index (χ0n) is 10.9. The lowest BCUT2D eigenvalue weighted by Gasteiger charge is -1.97. The molecule has 1 aromatic carbocycles. The van der Waals surface area contributed by atoms with Gasteiger partial charge < -0.3 is 4.42 Å². The number of nitrogens with zero attached hydrogens (tertiary/aromatic N) is 4. The fourth-order valence-electron chi connectivity index (χ4n) is 1.73. The van der Waals surface area contributed by atoms with Crippen molar-refractivity contribution in [3.63, 3.8) is 0 Å². The van der Waals surface area contributed by atoms with Gasteiger partial charge in [0.1, 0.15) is 5.76 Å². The fourth-order valence-corrected chi connectivity index (χ4v) is 1.73. The van der Waals surface area contributed by atoms with Crippen molar-refractivity contribution in [3.05, 3.63) is 54.8 Å². The Morgan fingerprint density at radius 3 is 2.76 bits per heavy atom. The average molecular weight is 281 g/mol. The van der Waals surface area contributed by atoms with Gasteiger partial charge in [0.2, 0.25) is 0 Å². The summed E-state index contributed by atoms with van der Waals surface area (Å²) >= 11 is 0. The molecule has 1 amide bonds. The van der Waals surface area contributed by atoms with E-state index < -0.39 is 5.91 Å². The first kappa shape index (κ1) is 12.8. The highest BCUT2D eigenvalue weighted by molar-refractivity contribution is 6.01. The molecular formula is C14H11N5O2. The molecule has 0 aliphatic heterocycles. The van der Waals surface area contributed by atoms with Crippen LogP contribution in [0, 0.1) is 0 Å². The first-order chi connectivity index (χ1) is 10.3. The van der Waals surface area contributed by atoms with E-state index in [1.165, 1.54) is 6.20 Å². The Morgan fingerprint density at radius 2 is 2.05 bits per heavy atom. The number of aromatic nitrogens is 4. The SMILES string of the molecule is C=Cn1nnc(NC(=O)c2ccc(-c3ccccc3)o2)n1. The van der Waals surface area contributed by atoms with Crippen molar-refractivity contribution in [1.82, 2.24) is 20.2 Å². The topological polar surface area (TPSA) is 85.8 Å². The molecule has 2 aromatic heterocycles. The Balaban J connectivity index is 1.76. The summed E-state index contributed by atoms with van der Waals surface area (Å²) < 4.78 is 5.52. The number of anilines is 1. The van der Waals surface area contributed by atoms with Crippen LogP contribution in [-0.4, -0.2) is 26.1 Å². The summed E-state index contributed by atoms with van der Waals surface area (Å²) in [5.74, 6) is 0.422. The van der Waals surface area contributed by atoms with Gasteiger partial charge in [-0.1, -0.05) is 42.0 Å². The maximum atomic E-state index is 12.0. The molecule has 0 aliphatic rings. The largest absolute Gasteiger partial charge is 0.451 e. The Bertz CT molecular complexity index is 776. The van der Waals surface area contributed by atoms with E-state index in [9.17, 15) is 4.79 Å². The Hall–Kier alpha value is -3.22. The number of rotatable bonds is 4. The highest BCUT2D eigenvalue weighted by Gasteiger charge is 2.14. The number of furan rings is 1. The molecule has 7 heteroatoms. The van der Waals surface area contributed by atoms with Crippen LogP contribution >= 0.6 is 0 Å². The number of hydrogen-bond acceptors (Lipinski definition) is 5. The fraction of sp³-hybridized carbons (Fsp3) is 0. The number of benzene rings is 1. The first-order valence-electron chi connectivity index (χ1n) is 6.15. The molecule has 1 N–H and O–H groups in total. The Labute approximate surface area is 119 Å². The van der Waals surface area contributed by atoms with Crippen LogP contribution in [0.15, 0.2) is 53.5 Å². The monoisotopic (exact) mass is 281 g/mol. The van der Waals surface area contributed by atoms with Gasteiger partial charge in [0.05, 0.1) is 0 Å². The van der Waals surface area contributed by atoms with Crippen LogP contribution < -0.4 is 5.32 Å². The van der Waals surface area contributed by atoms with Gasteiger partial charge in [-0.15, -0.1) is 9.90 Å². The molecule has 2 heterocycles. The molecule has 7 nitrogen and oxygen atoms in total. The van der Waals surface area contributed by atoms with Gasteiger partial charge in [0.25, 0.3) is 11.9 Å². The van der Waals surface area contributed by atoms with Crippen molar-refractivity contribution in [2.24, 2.45) is 0 Å². The highest BCUT2D eigenvalue weighted by atomic mass is 16.3. The van der Waals surface area contributed by atoms with Gasteiger partial charge in [0, 0.05) is 11.8 Å². The number of hydrogen-bond donors (Lipinski definition) is 1. The third-order valence-electron chi connectivity index (χ3n) is 2.70. The van der Waals surface area contributed by atoms with E-state index in [4.69, 9.17) is 4.42 Å². The summed E-state index contributed by atoms with van der Waals surface area (Å²) in [4.78, 5) is 13.2. The van der Waals surface area contributed by atoms with Gasteiger partial charge in [-0.2, -0.15) is 0 Å². The van der Waals surface area contributed by atoms with Gasteiger partial charge in [-0.05, 0) is 17.3 Å². The summed E-state index contributed by atoms with van der Waals surface area (Å²) in [6.07, 6.45) is 1.36. The van der Waals surface area contributed by atoms with Crippen LogP contribution in [-0.2, 0) is 0 Å². The van der Waals surface area contributed by atoms with Crippen LogP contribution in [0.4, 0.5) is 5.95 Å². The van der Waals surface area contributed by atoms with Crippen LogP contribution in [0.3, 0.4) is 0 Å². The zero-order valence-corrected chi connectivity index (χ0v) is 10.9. The quantitative estimate of drug-likeness (QED) is 0.793. The average Bonchev–Trinajstić information content (AvgIpc) is 3.17. The second kappa shape index (κ2) is 5.41. The summed E-state index contributed by atoms with van der Waals surface area (Å²) in [6.45, 7) is 3.49. The van der Waals surface area contributed by atoms with E-state index in [0.29, 0.717) is 5.76 Å². The number of nitrogens with one attached hydrogen (secondary N) is 1. The van der Waals surface area contributed by atoms with Crippen LogP contribution in [0.2, 0.25) is 0 Å². The van der Waals surface area contributed by atoms with Gasteiger partial charge in [-0.3, -0.25) is 10.1 Å². The maximum Gasteiger partial charge on any atom is 0.293 e. The zero-order chi connectivity index (χ0) is 14.7. The molecule has 21 heavy (non-hydrogen) atoms. The van der Waals surface area contributed by atoms with Crippen molar-refractivity contribution in [2.75, 3.05) is 5.32 Å². The van der Waals surface area contributed by atoms with Gasteiger partial charge >= 0.3 is 0 Å². The lowest BCUT2D eigenvalue weighted by molar-refractivity contribution is 0.0996. The molecule has 0 spiro atoms. The first-order valence-corrected chi connectivity index (χ1v) is 6.15. The second-order valence-electron chi connectivity index (χ2n) is 4.10. The third-order valence-corrected chi connectivity index (χ3v) is 2.70. The predicted molar refractivity (Wildman–Crippen MR) is 76.3 cm³/mol. The minimum Gasteiger partial charge on any atom is -0.451 e. The number of amides is 1. The smallest absolute Gasteiger partial charge is 0.293 e. The highest BCUT2D eigenvalue weighted by Crippen LogP contribution is 2.21. The van der Waals surface area contributed by atoms with Crippen molar-refractivity contribution in [1.29, 1.82) is 0 Å². The molecule has 0 atom stereocenters. The van der Waals surface area contributed by atoms with E-state index in [-0.39, 0.29) is 11.7 Å². The molecule has 0 unspecified atom stereocenters. The van der Waals surface area contributed by atoms with Crippen molar-refractivity contribution >= 4 is 18.1 Å². The van der Waals surface area contributed by atoms with E-state index >= 15 is 0 Å². The van der Waals surface area contributed by atoms with Crippen LogP contribution in [0.1, 0.15) is 10.6 Å². The molecule has 3 rings (SSSR count). The molecule has 0 saturated heterocycles. The van der Waals surface area contributed by atoms with Crippen LogP contribution in [0.5, 0.6) is 0 Å². The molecule has 104 valence electrons. The predicted octanol–water partition coefficient (Wildman–Crippen LogP) is 2.29. The standard InChI is InChI=1S/C14H11N5O2/c1-2-19-17-14(16-18-19)15-13(20)12-9-8-11(21-12)10-6-4-3-5-7-10/h2-9H,1H2,(H,15,17,20). The van der Waals surface area contributed by atoms with Crippen molar-refractivity contribution in [3.8, 4) is 11.3 Å². The molecule has 0 aliphatic carbocycles. The molecule has 0 fully saturated rings. The molecular weight excluding hydrogens is 270 g/mol.